The van der Waals surface area contributed by atoms with E-state index < -0.39 is 0 Å². The molecular formula is C16H25BrNO2+. The summed E-state index contributed by atoms with van der Waals surface area (Å²) in [5, 5.41) is 2.48. The van der Waals surface area contributed by atoms with Crippen molar-refractivity contribution in [2.75, 3.05) is 14.2 Å². The molecule has 1 aromatic carbocycles. The van der Waals surface area contributed by atoms with Gasteiger partial charge in [-0.05, 0) is 31.4 Å². The minimum atomic E-state index is 0.753. The standard InChI is InChI=1S/C16H24BrNO2/c1-11-6-4-5-7-14(11)18-10-12-8-15(19-2)16(20-3)9-13(12)17/h8-9,11,14,18H,4-7,10H2,1-3H3/p+1/t11-,14-/m1/s1. The Balaban J connectivity index is 2.05. The first-order chi connectivity index (χ1) is 9.65. The molecule has 0 aromatic heterocycles. The zero-order chi connectivity index (χ0) is 14.5. The zero-order valence-electron chi connectivity index (χ0n) is 12.6. The van der Waals surface area contributed by atoms with Gasteiger partial charge in [0, 0.05) is 16.0 Å². The maximum absolute atomic E-state index is 5.39. The summed E-state index contributed by atoms with van der Waals surface area (Å²) in [7, 11) is 3.35. The monoisotopic (exact) mass is 342 g/mol. The third kappa shape index (κ3) is 3.67. The third-order valence-electron chi connectivity index (χ3n) is 4.37. The SMILES string of the molecule is COc1cc(Br)c(C[NH2+][C@@H]2CCCC[C@H]2C)cc1OC. The van der Waals surface area contributed by atoms with Gasteiger partial charge < -0.3 is 14.8 Å². The molecule has 2 atom stereocenters. The summed E-state index contributed by atoms with van der Waals surface area (Å²) in [4.78, 5) is 0. The van der Waals surface area contributed by atoms with Crippen LogP contribution in [0.5, 0.6) is 11.5 Å². The van der Waals surface area contributed by atoms with Crippen molar-refractivity contribution >= 4 is 15.9 Å². The number of hydrogen-bond acceptors (Lipinski definition) is 2. The molecule has 0 aliphatic heterocycles. The van der Waals surface area contributed by atoms with Gasteiger partial charge in [0.05, 0.1) is 20.3 Å². The van der Waals surface area contributed by atoms with Crippen molar-refractivity contribution in [1.29, 1.82) is 0 Å². The summed E-state index contributed by atoms with van der Waals surface area (Å²) < 4.78 is 11.8. The van der Waals surface area contributed by atoms with Crippen LogP contribution in [0.4, 0.5) is 0 Å². The van der Waals surface area contributed by atoms with Crippen molar-refractivity contribution in [3.05, 3.63) is 22.2 Å². The van der Waals surface area contributed by atoms with E-state index in [1.807, 2.05) is 6.07 Å². The fourth-order valence-electron chi connectivity index (χ4n) is 3.03. The Labute approximate surface area is 130 Å². The largest absolute Gasteiger partial charge is 0.493 e. The molecule has 1 fully saturated rings. The zero-order valence-corrected chi connectivity index (χ0v) is 14.2. The fraction of sp³-hybridized carbons (Fsp3) is 0.625. The lowest BCUT2D eigenvalue weighted by Crippen LogP contribution is -2.90. The molecule has 1 aliphatic rings. The highest BCUT2D eigenvalue weighted by atomic mass is 79.9. The number of methoxy groups -OCH3 is 2. The Morgan fingerprint density at radius 1 is 1.15 bits per heavy atom. The van der Waals surface area contributed by atoms with Crippen LogP contribution in [0.3, 0.4) is 0 Å². The van der Waals surface area contributed by atoms with Crippen LogP contribution in [0.25, 0.3) is 0 Å². The smallest absolute Gasteiger partial charge is 0.161 e. The average Bonchev–Trinajstić information content (AvgIpc) is 2.47. The summed E-state index contributed by atoms with van der Waals surface area (Å²) in [6.07, 6.45) is 5.48. The molecule has 0 spiro atoms. The van der Waals surface area contributed by atoms with E-state index in [1.165, 1.54) is 31.2 Å². The van der Waals surface area contributed by atoms with Gasteiger partial charge in [-0.15, -0.1) is 0 Å². The van der Waals surface area contributed by atoms with E-state index in [-0.39, 0.29) is 0 Å². The number of rotatable bonds is 5. The van der Waals surface area contributed by atoms with Gasteiger partial charge in [-0.3, -0.25) is 0 Å². The Hall–Kier alpha value is -0.740. The molecule has 1 aromatic rings. The first-order valence-electron chi connectivity index (χ1n) is 7.39. The predicted octanol–water partition coefficient (Wildman–Crippen LogP) is 3.11. The lowest BCUT2D eigenvalue weighted by atomic mass is 9.86. The first kappa shape index (κ1) is 15.6. The minimum absolute atomic E-state index is 0.753. The Bertz CT molecular complexity index is 450. The van der Waals surface area contributed by atoms with Crippen LogP contribution < -0.4 is 14.8 Å². The molecule has 2 rings (SSSR count). The maximum atomic E-state index is 5.39. The van der Waals surface area contributed by atoms with Crippen LogP contribution in [0, 0.1) is 5.92 Å². The molecule has 0 amide bonds. The summed E-state index contributed by atoms with van der Waals surface area (Å²) in [5.41, 5.74) is 1.26. The predicted molar refractivity (Wildman–Crippen MR) is 84.3 cm³/mol. The molecule has 0 unspecified atom stereocenters. The van der Waals surface area contributed by atoms with E-state index in [0.29, 0.717) is 0 Å². The maximum Gasteiger partial charge on any atom is 0.161 e. The molecule has 0 bridgehead atoms. The van der Waals surface area contributed by atoms with Crippen LogP contribution >= 0.6 is 15.9 Å². The Morgan fingerprint density at radius 2 is 1.80 bits per heavy atom. The molecule has 1 aliphatic carbocycles. The Morgan fingerprint density at radius 3 is 2.45 bits per heavy atom. The van der Waals surface area contributed by atoms with Gasteiger partial charge in [-0.1, -0.05) is 29.3 Å². The second-order valence-electron chi connectivity index (χ2n) is 5.66. The number of hydrogen-bond donors (Lipinski definition) is 1. The number of benzene rings is 1. The van der Waals surface area contributed by atoms with Crippen molar-refractivity contribution in [2.24, 2.45) is 5.92 Å². The van der Waals surface area contributed by atoms with Crippen LogP contribution in [-0.4, -0.2) is 20.3 Å². The molecule has 0 saturated heterocycles. The number of ether oxygens (including phenoxy) is 2. The number of halogens is 1. The van der Waals surface area contributed by atoms with E-state index in [0.717, 1.165) is 34.5 Å². The van der Waals surface area contributed by atoms with Crippen molar-refractivity contribution in [3.8, 4) is 11.5 Å². The van der Waals surface area contributed by atoms with Crippen LogP contribution in [0.2, 0.25) is 0 Å². The van der Waals surface area contributed by atoms with E-state index in [4.69, 9.17) is 9.47 Å². The molecule has 3 nitrogen and oxygen atoms in total. The Kier molecular flexibility index (Phi) is 5.73. The summed E-state index contributed by atoms with van der Waals surface area (Å²) in [5.74, 6) is 2.40. The van der Waals surface area contributed by atoms with Gasteiger partial charge in [-0.2, -0.15) is 0 Å². The van der Waals surface area contributed by atoms with E-state index >= 15 is 0 Å². The van der Waals surface area contributed by atoms with Gasteiger partial charge in [0.25, 0.3) is 0 Å². The second kappa shape index (κ2) is 7.32. The topological polar surface area (TPSA) is 35.1 Å². The molecule has 4 heteroatoms. The lowest BCUT2D eigenvalue weighted by molar-refractivity contribution is -0.712. The van der Waals surface area contributed by atoms with Crippen molar-refractivity contribution in [1.82, 2.24) is 0 Å². The quantitative estimate of drug-likeness (QED) is 0.892. The van der Waals surface area contributed by atoms with Crippen LogP contribution in [0.1, 0.15) is 38.2 Å². The van der Waals surface area contributed by atoms with Gasteiger partial charge >= 0.3 is 0 Å². The van der Waals surface area contributed by atoms with Gasteiger partial charge in [-0.25, -0.2) is 0 Å². The summed E-state index contributed by atoms with van der Waals surface area (Å²) in [6.45, 7) is 3.36. The second-order valence-corrected chi connectivity index (χ2v) is 6.52. The van der Waals surface area contributed by atoms with Gasteiger partial charge in [0.15, 0.2) is 11.5 Å². The summed E-state index contributed by atoms with van der Waals surface area (Å²) >= 11 is 3.64. The average molecular weight is 343 g/mol. The van der Waals surface area contributed by atoms with Gasteiger partial charge in [0.1, 0.15) is 6.54 Å². The van der Waals surface area contributed by atoms with Crippen LogP contribution in [-0.2, 0) is 6.54 Å². The normalized spacial score (nSPS) is 22.6. The fourth-order valence-corrected chi connectivity index (χ4v) is 3.51. The minimum Gasteiger partial charge on any atom is -0.493 e. The highest BCUT2D eigenvalue weighted by Gasteiger charge is 2.24. The van der Waals surface area contributed by atoms with Crippen LogP contribution in [0.15, 0.2) is 16.6 Å². The third-order valence-corrected chi connectivity index (χ3v) is 5.11. The first-order valence-corrected chi connectivity index (χ1v) is 8.18. The molecule has 0 heterocycles. The molecule has 0 radical (unpaired) electrons. The molecule has 2 N–H and O–H groups in total. The molecule has 1 saturated carbocycles. The molecule has 112 valence electrons. The number of nitrogens with two attached hydrogens (primary N) is 1. The van der Waals surface area contributed by atoms with Crippen molar-refractivity contribution in [3.63, 3.8) is 0 Å². The van der Waals surface area contributed by atoms with Crippen molar-refractivity contribution in [2.45, 2.75) is 45.2 Å². The van der Waals surface area contributed by atoms with E-state index in [1.54, 1.807) is 14.2 Å². The molecule has 20 heavy (non-hydrogen) atoms. The van der Waals surface area contributed by atoms with E-state index in [9.17, 15) is 0 Å². The highest BCUT2D eigenvalue weighted by Crippen LogP contribution is 2.33. The van der Waals surface area contributed by atoms with Crippen molar-refractivity contribution < 1.29 is 14.8 Å². The van der Waals surface area contributed by atoms with Gasteiger partial charge in [0.2, 0.25) is 0 Å². The summed E-state index contributed by atoms with van der Waals surface area (Å²) in [6, 6.07) is 4.82. The lowest BCUT2D eigenvalue weighted by Gasteiger charge is -2.26. The highest BCUT2D eigenvalue weighted by molar-refractivity contribution is 9.10. The van der Waals surface area contributed by atoms with E-state index in [2.05, 4.69) is 34.2 Å². The molecular weight excluding hydrogens is 318 g/mol. The number of quaternary nitrogens is 1.